The molecule has 1 unspecified atom stereocenters. The van der Waals surface area contributed by atoms with Crippen LogP contribution < -0.4 is 11.1 Å². The number of carbonyl (C=O) groups is 1. The molecule has 0 heterocycles. The Kier molecular flexibility index (Phi) is 4.95. The molecule has 1 atom stereocenters. The Bertz CT molecular complexity index is 437. The predicted molar refractivity (Wildman–Crippen MR) is 80.0 cm³/mol. The summed E-state index contributed by atoms with van der Waals surface area (Å²) in [6.07, 6.45) is 0. The Balaban J connectivity index is 2.73. The third-order valence-electron chi connectivity index (χ3n) is 3.57. The highest BCUT2D eigenvalue weighted by Gasteiger charge is 2.26. The van der Waals surface area contributed by atoms with E-state index in [1.807, 2.05) is 31.3 Å². The molecule has 19 heavy (non-hydrogen) atoms. The zero-order chi connectivity index (χ0) is 14.6. The van der Waals surface area contributed by atoms with Crippen molar-refractivity contribution in [2.24, 2.45) is 11.1 Å². The molecule has 1 rings (SSSR count). The highest BCUT2D eigenvalue weighted by molar-refractivity contribution is 5.89. The average Bonchev–Trinajstić information content (AvgIpc) is 2.36. The Morgan fingerprint density at radius 1 is 1.42 bits per heavy atom. The van der Waals surface area contributed by atoms with Crippen molar-refractivity contribution in [1.82, 2.24) is 4.90 Å². The Morgan fingerprint density at radius 3 is 2.58 bits per heavy atom. The van der Waals surface area contributed by atoms with Crippen LogP contribution in [-0.2, 0) is 6.54 Å². The summed E-state index contributed by atoms with van der Waals surface area (Å²) < 4.78 is 0. The molecule has 0 saturated carbocycles. The molecule has 3 N–H and O–H groups in total. The second kappa shape index (κ2) is 6.06. The van der Waals surface area contributed by atoms with Gasteiger partial charge in [-0.1, -0.05) is 32.9 Å². The first-order valence-electron chi connectivity index (χ1n) is 6.58. The van der Waals surface area contributed by atoms with Crippen molar-refractivity contribution < 1.29 is 4.79 Å². The normalized spacial score (nSPS) is 12.9. The minimum absolute atomic E-state index is 0.0468. The van der Waals surface area contributed by atoms with Crippen molar-refractivity contribution in [3.8, 4) is 0 Å². The number of hydrogen-bond donors (Lipinski definition) is 2. The van der Waals surface area contributed by atoms with E-state index in [9.17, 15) is 4.79 Å². The Labute approximate surface area is 116 Å². The molecule has 106 valence electrons. The van der Waals surface area contributed by atoms with E-state index in [-0.39, 0.29) is 17.5 Å². The Morgan fingerprint density at radius 2 is 2.05 bits per heavy atom. The molecule has 0 aliphatic carbocycles. The fourth-order valence-corrected chi connectivity index (χ4v) is 1.74. The number of nitrogens with two attached hydrogens (primary N) is 1. The maximum atomic E-state index is 12.2. The fourth-order valence-electron chi connectivity index (χ4n) is 1.74. The van der Waals surface area contributed by atoms with Gasteiger partial charge in [0.15, 0.2) is 0 Å². The molecule has 0 spiro atoms. The molecule has 2 amide bonds. The highest BCUT2D eigenvalue weighted by atomic mass is 16.2. The number of nitrogens with one attached hydrogen (secondary N) is 1. The second-order valence-corrected chi connectivity index (χ2v) is 5.99. The molecule has 1 aromatic carbocycles. The van der Waals surface area contributed by atoms with Gasteiger partial charge in [-0.3, -0.25) is 0 Å². The summed E-state index contributed by atoms with van der Waals surface area (Å²) in [5.74, 6) is 0. The van der Waals surface area contributed by atoms with Crippen molar-refractivity contribution in [2.45, 2.75) is 40.3 Å². The van der Waals surface area contributed by atoms with Crippen molar-refractivity contribution in [1.29, 1.82) is 0 Å². The lowest BCUT2D eigenvalue weighted by Gasteiger charge is -2.35. The number of anilines is 1. The number of hydrogen-bond acceptors (Lipinski definition) is 2. The van der Waals surface area contributed by atoms with E-state index in [1.54, 1.807) is 4.90 Å². The van der Waals surface area contributed by atoms with Crippen molar-refractivity contribution in [3.05, 3.63) is 29.8 Å². The first kappa shape index (κ1) is 15.5. The summed E-state index contributed by atoms with van der Waals surface area (Å²) in [7, 11) is 1.82. The number of benzene rings is 1. The number of carbonyl (C=O) groups excluding carboxylic acids is 1. The van der Waals surface area contributed by atoms with Gasteiger partial charge < -0.3 is 16.0 Å². The molecular weight excluding hydrogens is 238 g/mol. The van der Waals surface area contributed by atoms with E-state index >= 15 is 0 Å². The summed E-state index contributed by atoms with van der Waals surface area (Å²) in [5.41, 5.74) is 7.42. The van der Waals surface area contributed by atoms with Gasteiger partial charge in [0.25, 0.3) is 0 Å². The van der Waals surface area contributed by atoms with Crippen molar-refractivity contribution in [2.75, 3.05) is 12.4 Å². The van der Waals surface area contributed by atoms with Crippen LogP contribution in [0.5, 0.6) is 0 Å². The lowest BCUT2D eigenvalue weighted by molar-refractivity contribution is 0.156. The molecule has 0 bridgehead atoms. The molecule has 0 aromatic heterocycles. The highest BCUT2D eigenvalue weighted by Crippen LogP contribution is 2.23. The third-order valence-corrected chi connectivity index (χ3v) is 3.57. The van der Waals surface area contributed by atoms with E-state index in [2.05, 4.69) is 33.0 Å². The van der Waals surface area contributed by atoms with E-state index in [0.29, 0.717) is 6.54 Å². The fraction of sp³-hybridized carbons (Fsp3) is 0.533. The lowest BCUT2D eigenvalue weighted by Crippen LogP contribution is -2.44. The van der Waals surface area contributed by atoms with Gasteiger partial charge in [0.05, 0.1) is 0 Å². The zero-order valence-corrected chi connectivity index (χ0v) is 12.5. The standard InChI is InChI=1S/C15H25N3O/c1-11(15(2,3)4)18(5)14(19)17-13-8-6-7-12(9-13)10-16/h6-9,11H,10,16H2,1-5H3,(H,17,19). The number of nitrogens with zero attached hydrogens (tertiary/aromatic N) is 1. The van der Waals surface area contributed by atoms with E-state index in [0.717, 1.165) is 11.3 Å². The third kappa shape index (κ3) is 4.24. The van der Waals surface area contributed by atoms with Crippen LogP contribution in [0.2, 0.25) is 0 Å². The average molecular weight is 263 g/mol. The topological polar surface area (TPSA) is 58.4 Å². The molecule has 0 aliphatic rings. The smallest absolute Gasteiger partial charge is 0.321 e. The molecule has 0 saturated heterocycles. The molecule has 0 fully saturated rings. The van der Waals surface area contributed by atoms with Gasteiger partial charge in [-0.05, 0) is 30.0 Å². The summed E-state index contributed by atoms with van der Waals surface area (Å²) in [6.45, 7) is 8.89. The van der Waals surface area contributed by atoms with Gasteiger partial charge in [0, 0.05) is 25.3 Å². The van der Waals surface area contributed by atoms with Crippen molar-refractivity contribution >= 4 is 11.7 Å². The molecule has 4 nitrogen and oxygen atoms in total. The quantitative estimate of drug-likeness (QED) is 0.880. The summed E-state index contributed by atoms with van der Waals surface area (Å²) in [4.78, 5) is 13.9. The second-order valence-electron chi connectivity index (χ2n) is 5.99. The van der Waals surface area contributed by atoms with Gasteiger partial charge in [-0.2, -0.15) is 0 Å². The molecule has 0 aliphatic heterocycles. The minimum atomic E-state index is -0.100. The summed E-state index contributed by atoms with van der Waals surface area (Å²) in [5, 5.41) is 2.90. The van der Waals surface area contributed by atoms with Gasteiger partial charge in [-0.15, -0.1) is 0 Å². The van der Waals surface area contributed by atoms with Gasteiger partial charge in [-0.25, -0.2) is 4.79 Å². The maximum Gasteiger partial charge on any atom is 0.321 e. The van der Waals surface area contributed by atoms with Crippen LogP contribution in [0.1, 0.15) is 33.3 Å². The van der Waals surface area contributed by atoms with Crippen LogP contribution in [0.25, 0.3) is 0 Å². The van der Waals surface area contributed by atoms with Crippen LogP contribution in [0, 0.1) is 5.41 Å². The van der Waals surface area contributed by atoms with Gasteiger partial charge in [0.2, 0.25) is 0 Å². The first-order chi connectivity index (χ1) is 8.75. The van der Waals surface area contributed by atoms with Crippen LogP contribution >= 0.6 is 0 Å². The number of urea groups is 1. The zero-order valence-electron chi connectivity index (χ0n) is 12.5. The van der Waals surface area contributed by atoms with Crippen molar-refractivity contribution in [3.63, 3.8) is 0 Å². The molecule has 1 aromatic rings. The minimum Gasteiger partial charge on any atom is -0.326 e. The lowest BCUT2D eigenvalue weighted by atomic mass is 9.87. The van der Waals surface area contributed by atoms with Gasteiger partial charge >= 0.3 is 6.03 Å². The Hall–Kier alpha value is -1.55. The van der Waals surface area contributed by atoms with Crippen LogP contribution in [0.4, 0.5) is 10.5 Å². The molecular formula is C15H25N3O. The van der Waals surface area contributed by atoms with Crippen LogP contribution in [0.3, 0.4) is 0 Å². The van der Waals surface area contributed by atoms with Crippen LogP contribution in [0.15, 0.2) is 24.3 Å². The van der Waals surface area contributed by atoms with E-state index in [1.165, 1.54) is 0 Å². The predicted octanol–water partition coefficient (Wildman–Crippen LogP) is 3.04. The largest absolute Gasteiger partial charge is 0.326 e. The van der Waals surface area contributed by atoms with E-state index < -0.39 is 0 Å². The first-order valence-corrected chi connectivity index (χ1v) is 6.58. The summed E-state index contributed by atoms with van der Waals surface area (Å²) in [6, 6.07) is 7.64. The maximum absolute atomic E-state index is 12.2. The number of amides is 2. The van der Waals surface area contributed by atoms with E-state index in [4.69, 9.17) is 5.73 Å². The van der Waals surface area contributed by atoms with Crippen LogP contribution in [-0.4, -0.2) is 24.0 Å². The molecule has 0 radical (unpaired) electrons. The number of rotatable bonds is 3. The molecule has 4 heteroatoms. The monoisotopic (exact) mass is 263 g/mol. The summed E-state index contributed by atoms with van der Waals surface area (Å²) >= 11 is 0. The SMILES string of the molecule is CC(N(C)C(=O)Nc1cccc(CN)c1)C(C)(C)C. The van der Waals surface area contributed by atoms with Gasteiger partial charge in [0.1, 0.15) is 0 Å².